The molecule has 184 valence electrons. The quantitative estimate of drug-likeness (QED) is 0.345. The van der Waals surface area contributed by atoms with E-state index in [1.54, 1.807) is 17.0 Å². The summed E-state index contributed by atoms with van der Waals surface area (Å²) in [6.07, 6.45) is 0. The van der Waals surface area contributed by atoms with Crippen LogP contribution in [0.3, 0.4) is 0 Å². The van der Waals surface area contributed by atoms with Crippen molar-refractivity contribution in [2.75, 3.05) is 11.6 Å². The van der Waals surface area contributed by atoms with E-state index in [1.807, 2.05) is 82.3 Å². The van der Waals surface area contributed by atoms with E-state index in [4.69, 9.17) is 51.1 Å². The summed E-state index contributed by atoms with van der Waals surface area (Å²) in [6, 6.07) is 19.8. The molecule has 8 heteroatoms. The van der Waals surface area contributed by atoms with Gasteiger partial charge in [-0.1, -0.05) is 92.3 Å². The molecule has 0 spiro atoms. The number of carbonyl (C=O) groups is 1. The van der Waals surface area contributed by atoms with E-state index >= 15 is 0 Å². The van der Waals surface area contributed by atoms with Crippen molar-refractivity contribution in [1.29, 1.82) is 0 Å². The normalized spacial score (nSPS) is 16.2. The number of para-hydroxylation sites is 1. The van der Waals surface area contributed by atoms with Crippen molar-refractivity contribution in [2.45, 2.75) is 44.2 Å². The highest BCUT2D eigenvalue weighted by atomic mass is 35.5. The Morgan fingerprint density at radius 1 is 0.771 bits per heavy atom. The number of nitrogens with one attached hydrogen (secondary N) is 1. The van der Waals surface area contributed by atoms with Crippen LogP contribution in [0, 0.1) is 0 Å². The molecule has 1 N–H and O–H groups in total. The largest absolute Gasteiger partial charge is 0.333 e. The smallest absolute Gasteiger partial charge is 0.326 e. The number of halogens is 4. The fourth-order valence-electron chi connectivity index (χ4n) is 4.96. The van der Waals surface area contributed by atoms with Gasteiger partial charge in [-0.3, -0.25) is 4.90 Å². The van der Waals surface area contributed by atoms with Gasteiger partial charge in [0.1, 0.15) is 6.73 Å². The lowest BCUT2D eigenvalue weighted by atomic mass is 9.60. The fourth-order valence-corrected chi connectivity index (χ4v) is 6.02. The molecular formula is C27H26Cl4N2O2. The lowest BCUT2D eigenvalue weighted by Crippen LogP contribution is -2.75. The highest BCUT2D eigenvalue weighted by Gasteiger charge is 2.61. The molecule has 0 aliphatic carbocycles. The second kappa shape index (κ2) is 9.49. The van der Waals surface area contributed by atoms with E-state index in [2.05, 4.69) is 5.32 Å². The zero-order valence-corrected chi connectivity index (χ0v) is 22.9. The first-order valence-electron chi connectivity index (χ1n) is 11.1. The van der Waals surface area contributed by atoms with Crippen LogP contribution < -0.4 is 10.2 Å². The molecule has 1 aliphatic rings. The van der Waals surface area contributed by atoms with Crippen molar-refractivity contribution in [3.05, 3.63) is 97.9 Å². The van der Waals surface area contributed by atoms with Gasteiger partial charge < -0.3 is 10.1 Å². The Bertz CT molecular complexity index is 1160. The van der Waals surface area contributed by atoms with Crippen LogP contribution in [0.2, 0.25) is 20.1 Å². The number of rotatable bonds is 5. The lowest BCUT2D eigenvalue weighted by molar-refractivity contribution is -0.161. The zero-order valence-electron chi connectivity index (χ0n) is 19.8. The van der Waals surface area contributed by atoms with Gasteiger partial charge in [0.05, 0.1) is 0 Å². The van der Waals surface area contributed by atoms with Crippen LogP contribution in [0.5, 0.6) is 0 Å². The summed E-state index contributed by atoms with van der Waals surface area (Å²) in [5.74, 6) is 0. The molecule has 0 bridgehead atoms. The van der Waals surface area contributed by atoms with Crippen molar-refractivity contribution in [1.82, 2.24) is 5.32 Å². The highest BCUT2D eigenvalue weighted by Crippen LogP contribution is 2.51. The summed E-state index contributed by atoms with van der Waals surface area (Å²) in [7, 11) is 0. The first-order valence-corrected chi connectivity index (χ1v) is 12.6. The number of benzene rings is 3. The molecule has 4 nitrogen and oxygen atoms in total. The van der Waals surface area contributed by atoms with E-state index in [9.17, 15) is 4.79 Å². The predicted molar refractivity (Wildman–Crippen MR) is 145 cm³/mol. The Morgan fingerprint density at radius 3 is 1.60 bits per heavy atom. The molecule has 2 amide bonds. The van der Waals surface area contributed by atoms with Crippen LogP contribution in [0.1, 0.15) is 38.8 Å². The van der Waals surface area contributed by atoms with Crippen LogP contribution in [0.4, 0.5) is 10.5 Å². The number of hydrogen-bond acceptors (Lipinski definition) is 2. The van der Waals surface area contributed by atoms with Gasteiger partial charge in [0.25, 0.3) is 0 Å². The third-order valence-electron chi connectivity index (χ3n) is 6.93. The van der Waals surface area contributed by atoms with Crippen molar-refractivity contribution in [2.24, 2.45) is 0 Å². The second-order valence-corrected chi connectivity index (χ2v) is 11.5. The molecule has 1 fully saturated rings. The number of urea groups is 1. The number of anilines is 1. The van der Waals surface area contributed by atoms with Crippen molar-refractivity contribution < 1.29 is 9.53 Å². The van der Waals surface area contributed by atoms with E-state index in [0.29, 0.717) is 20.1 Å². The summed E-state index contributed by atoms with van der Waals surface area (Å²) in [6.45, 7) is 8.04. The number of hydrogen-bond donors (Lipinski definition) is 1. The van der Waals surface area contributed by atoms with Gasteiger partial charge in [-0.05, 0) is 59.7 Å². The van der Waals surface area contributed by atoms with Gasteiger partial charge in [0.2, 0.25) is 0 Å². The summed E-state index contributed by atoms with van der Waals surface area (Å²) in [5, 5.41) is 5.20. The number of nitrogens with zero attached hydrogens (tertiary/aromatic N) is 1. The molecule has 3 aromatic carbocycles. The standard InChI is InChI=1S/C27H26Cl4N2O2/c1-25(2,17-10-19(28)14-20(29)11-17)27(26(3,4)18-12-21(30)15-22(31)13-18)32-24(34)33(16-35-27)23-8-6-5-7-9-23/h5-15H,16H2,1-4H3,(H,32,34). The van der Waals surface area contributed by atoms with Gasteiger partial charge in [-0.25, -0.2) is 4.79 Å². The van der Waals surface area contributed by atoms with Crippen LogP contribution >= 0.6 is 46.4 Å². The van der Waals surface area contributed by atoms with Gasteiger partial charge in [-0.2, -0.15) is 0 Å². The Morgan fingerprint density at radius 2 is 1.20 bits per heavy atom. The molecule has 0 unspecified atom stereocenters. The molecule has 0 saturated carbocycles. The molecule has 1 saturated heterocycles. The third kappa shape index (κ3) is 4.63. The minimum Gasteiger partial charge on any atom is -0.333 e. The fraction of sp³-hybridized carbons (Fsp3) is 0.296. The predicted octanol–water partition coefficient (Wildman–Crippen LogP) is 8.46. The molecule has 0 radical (unpaired) electrons. The minimum atomic E-state index is -1.25. The maximum atomic E-state index is 13.7. The molecular weight excluding hydrogens is 526 g/mol. The van der Waals surface area contributed by atoms with Crippen LogP contribution in [-0.2, 0) is 15.6 Å². The summed E-state index contributed by atoms with van der Waals surface area (Å²) < 4.78 is 6.72. The summed E-state index contributed by atoms with van der Waals surface area (Å²) in [4.78, 5) is 15.2. The summed E-state index contributed by atoms with van der Waals surface area (Å²) in [5.41, 5.74) is -0.513. The number of amides is 2. The maximum Gasteiger partial charge on any atom is 0.326 e. The van der Waals surface area contributed by atoms with Crippen molar-refractivity contribution >= 4 is 58.1 Å². The monoisotopic (exact) mass is 550 g/mol. The topological polar surface area (TPSA) is 41.6 Å². The van der Waals surface area contributed by atoms with Crippen LogP contribution in [0.15, 0.2) is 66.7 Å². The Labute approximate surface area is 226 Å². The second-order valence-electron chi connectivity index (χ2n) is 9.71. The minimum absolute atomic E-state index is 0.0330. The first kappa shape index (κ1) is 26.1. The van der Waals surface area contributed by atoms with Gasteiger partial charge in [0.15, 0.2) is 5.72 Å². The summed E-state index contributed by atoms with van der Waals surface area (Å²) >= 11 is 25.6. The number of carbonyl (C=O) groups excluding carboxylic acids is 1. The van der Waals surface area contributed by atoms with E-state index in [0.717, 1.165) is 16.8 Å². The molecule has 1 heterocycles. The van der Waals surface area contributed by atoms with Crippen LogP contribution in [0.25, 0.3) is 0 Å². The van der Waals surface area contributed by atoms with Gasteiger partial charge >= 0.3 is 6.03 Å². The highest BCUT2D eigenvalue weighted by molar-refractivity contribution is 6.35. The Balaban J connectivity index is 1.90. The molecule has 35 heavy (non-hydrogen) atoms. The molecule has 4 rings (SSSR count). The lowest BCUT2D eigenvalue weighted by Gasteiger charge is -2.58. The zero-order chi connectivity index (χ0) is 25.6. The first-order chi connectivity index (χ1) is 16.4. The Hall–Kier alpha value is -1.95. The van der Waals surface area contributed by atoms with E-state index in [-0.39, 0.29) is 12.8 Å². The van der Waals surface area contributed by atoms with E-state index in [1.165, 1.54) is 0 Å². The van der Waals surface area contributed by atoms with Crippen LogP contribution in [-0.4, -0.2) is 18.5 Å². The van der Waals surface area contributed by atoms with E-state index < -0.39 is 16.6 Å². The third-order valence-corrected chi connectivity index (χ3v) is 7.81. The SMILES string of the molecule is CC(C)(c1cc(Cl)cc(Cl)c1)C1(C(C)(C)c2cc(Cl)cc(Cl)c2)NC(=O)N(c2ccccc2)CO1. The maximum absolute atomic E-state index is 13.7. The molecule has 0 aromatic heterocycles. The molecule has 0 atom stereocenters. The Kier molecular flexibility index (Phi) is 7.09. The van der Waals surface area contributed by atoms with Gasteiger partial charge in [-0.15, -0.1) is 0 Å². The van der Waals surface area contributed by atoms with Gasteiger partial charge in [0, 0.05) is 36.6 Å². The van der Waals surface area contributed by atoms with Crippen molar-refractivity contribution in [3.8, 4) is 0 Å². The average molecular weight is 552 g/mol. The average Bonchev–Trinajstić information content (AvgIpc) is 2.78. The molecule has 3 aromatic rings. The van der Waals surface area contributed by atoms with Crippen molar-refractivity contribution in [3.63, 3.8) is 0 Å². The molecule has 1 aliphatic heterocycles. The number of ether oxygens (including phenoxy) is 1.